The first kappa shape index (κ1) is 20.5. The Kier molecular flexibility index (Phi) is 6.16. The van der Waals surface area contributed by atoms with Crippen molar-refractivity contribution in [1.82, 2.24) is 0 Å². The molecular formula is C22H24ClN3OS. The SMILES string of the molecule is Cc1ccc(N2C(=O)/C(=C/c3ccc(N(C)C)cc3)SC2=NC(C)C)cc1Cl. The van der Waals surface area contributed by atoms with Crippen LogP contribution in [0, 0.1) is 6.92 Å². The summed E-state index contributed by atoms with van der Waals surface area (Å²) in [5, 5.41) is 1.31. The average molecular weight is 414 g/mol. The Morgan fingerprint density at radius 3 is 2.39 bits per heavy atom. The van der Waals surface area contributed by atoms with Crippen LogP contribution in [0.15, 0.2) is 52.4 Å². The van der Waals surface area contributed by atoms with Crippen molar-refractivity contribution in [2.24, 2.45) is 4.99 Å². The predicted octanol–water partition coefficient (Wildman–Crippen LogP) is 5.60. The molecule has 0 unspecified atom stereocenters. The van der Waals surface area contributed by atoms with Crippen molar-refractivity contribution < 1.29 is 4.79 Å². The maximum atomic E-state index is 13.2. The number of benzene rings is 2. The second-order valence-corrected chi connectivity index (χ2v) is 8.59. The molecule has 0 radical (unpaired) electrons. The van der Waals surface area contributed by atoms with Gasteiger partial charge in [-0.1, -0.05) is 29.8 Å². The van der Waals surface area contributed by atoms with Crippen LogP contribution in [-0.2, 0) is 4.79 Å². The molecule has 146 valence electrons. The van der Waals surface area contributed by atoms with Crippen molar-refractivity contribution in [3.05, 3.63) is 63.5 Å². The fourth-order valence-corrected chi connectivity index (χ4v) is 4.04. The Labute approximate surface area is 175 Å². The number of halogens is 1. The number of carbonyl (C=O) groups is 1. The van der Waals surface area contributed by atoms with E-state index in [1.54, 1.807) is 4.90 Å². The van der Waals surface area contributed by atoms with Gasteiger partial charge in [-0.25, -0.2) is 0 Å². The maximum Gasteiger partial charge on any atom is 0.271 e. The summed E-state index contributed by atoms with van der Waals surface area (Å²) in [5.41, 5.74) is 3.81. The lowest BCUT2D eigenvalue weighted by atomic mass is 10.1. The fraction of sp³-hybridized carbons (Fsp3) is 0.273. The molecule has 2 aromatic carbocycles. The van der Waals surface area contributed by atoms with Gasteiger partial charge in [0.15, 0.2) is 5.17 Å². The molecule has 4 nitrogen and oxygen atoms in total. The number of carbonyl (C=O) groups excluding carboxylic acids is 1. The van der Waals surface area contributed by atoms with Gasteiger partial charge in [-0.3, -0.25) is 14.7 Å². The molecule has 28 heavy (non-hydrogen) atoms. The molecule has 1 saturated heterocycles. The number of nitrogens with zero attached hydrogens (tertiary/aromatic N) is 3. The lowest BCUT2D eigenvalue weighted by Gasteiger charge is -2.17. The van der Waals surface area contributed by atoms with Gasteiger partial charge in [0, 0.05) is 30.8 Å². The van der Waals surface area contributed by atoms with Gasteiger partial charge < -0.3 is 4.90 Å². The lowest BCUT2D eigenvalue weighted by molar-refractivity contribution is -0.113. The average Bonchev–Trinajstić information content (AvgIpc) is 2.92. The molecule has 0 aromatic heterocycles. The van der Waals surface area contributed by atoms with E-state index in [0.717, 1.165) is 22.5 Å². The minimum atomic E-state index is -0.0824. The number of anilines is 2. The normalized spacial score (nSPS) is 17.2. The molecular weight excluding hydrogens is 390 g/mol. The van der Waals surface area contributed by atoms with E-state index in [1.165, 1.54) is 11.8 Å². The Bertz CT molecular complexity index is 949. The number of aryl methyl sites for hydroxylation is 1. The topological polar surface area (TPSA) is 35.9 Å². The fourth-order valence-electron chi connectivity index (χ4n) is 2.75. The van der Waals surface area contributed by atoms with E-state index in [1.807, 2.05) is 88.3 Å². The molecule has 0 saturated carbocycles. The third kappa shape index (κ3) is 4.42. The van der Waals surface area contributed by atoms with Crippen molar-refractivity contribution in [3.8, 4) is 0 Å². The van der Waals surface area contributed by atoms with Gasteiger partial charge in [-0.2, -0.15) is 0 Å². The van der Waals surface area contributed by atoms with Crippen LogP contribution in [0.3, 0.4) is 0 Å². The van der Waals surface area contributed by atoms with Gasteiger partial charge in [-0.15, -0.1) is 0 Å². The van der Waals surface area contributed by atoms with Crippen LogP contribution >= 0.6 is 23.4 Å². The van der Waals surface area contributed by atoms with Gasteiger partial charge >= 0.3 is 0 Å². The van der Waals surface area contributed by atoms with Crippen molar-refractivity contribution in [2.45, 2.75) is 26.8 Å². The molecule has 2 aromatic rings. The van der Waals surface area contributed by atoms with Crippen LogP contribution in [0.4, 0.5) is 11.4 Å². The molecule has 0 N–H and O–H groups in total. The van der Waals surface area contributed by atoms with Crippen LogP contribution in [0.5, 0.6) is 0 Å². The molecule has 1 aliphatic rings. The summed E-state index contributed by atoms with van der Waals surface area (Å²) in [5.74, 6) is -0.0824. The second-order valence-electron chi connectivity index (χ2n) is 7.18. The molecule has 1 heterocycles. The maximum absolute atomic E-state index is 13.2. The number of thioether (sulfide) groups is 1. The van der Waals surface area contributed by atoms with E-state index in [2.05, 4.69) is 4.99 Å². The smallest absolute Gasteiger partial charge is 0.271 e. The third-order valence-electron chi connectivity index (χ3n) is 4.30. The Morgan fingerprint density at radius 2 is 1.82 bits per heavy atom. The first-order valence-corrected chi connectivity index (χ1v) is 10.3. The predicted molar refractivity (Wildman–Crippen MR) is 123 cm³/mol. The summed E-state index contributed by atoms with van der Waals surface area (Å²) in [6.45, 7) is 5.94. The second kappa shape index (κ2) is 8.41. The number of hydrogen-bond acceptors (Lipinski definition) is 4. The standard InChI is InChI=1S/C22H24ClN3OS/c1-14(2)24-22-26(18-9-6-15(3)19(23)13-18)21(27)20(28-22)12-16-7-10-17(11-8-16)25(4)5/h6-14H,1-5H3/b20-12-,24-22?. The zero-order chi connectivity index (χ0) is 20.4. The largest absolute Gasteiger partial charge is 0.378 e. The molecule has 1 fully saturated rings. The number of amidine groups is 1. The summed E-state index contributed by atoms with van der Waals surface area (Å²) in [4.78, 5) is 22.2. The zero-order valence-corrected chi connectivity index (χ0v) is 18.3. The first-order chi connectivity index (χ1) is 13.3. The summed E-state index contributed by atoms with van der Waals surface area (Å²) in [7, 11) is 4.01. The number of amides is 1. The minimum Gasteiger partial charge on any atom is -0.378 e. The van der Waals surface area contributed by atoms with E-state index in [4.69, 9.17) is 11.6 Å². The summed E-state index contributed by atoms with van der Waals surface area (Å²) in [6, 6.07) is 13.8. The van der Waals surface area contributed by atoms with Crippen molar-refractivity contribution in [2.75, 3.05) is 23.9 Å². The molecule has 6 heteroatoms. The van der Waals surface area contributed by atoms with Crippen LogP contribution in [-0.4, -0.2) is 31.2 Å². The number of hydrogen-bond donors (Lipinski definition) is 0. The van der Waals surface area contributed by atoms with Gasteiger partial charge in [0.25, 0.3) is 5.91 Å². The lowest BCUT2D eigenvalue weighted by Crippen LogP contribution is -2.29. The van der Waals surface area contributed by atoms with Crippen LogP contribution < -0.4 is 9.80 Å². The van der Waals surface area contributed by atoms with Crippen LogP contribution in [0.25, 0.3) is 6.08 Å². The van der Waals surface area contributed by atoms with E-state index in [9.17, 15) is 4.79 Å². The molecule has 0 atom stereocenters. The summed E-state index contributed by atoms with van der Waals surface area (Å²) < 4.78 is 0. The van der Waals surface area contributed by atoms with Crippen LogP contribution in [0.1, 0.15) is 25.0 Å². The molecule has 0 aliphatic carbocycles. The molecule has 0 bridgehead atoms. The Morgan fingerprint density at radius 1 is 1.14 bits per heavy atom. The molecule has 0 spiro atoms. The zero-order valence-electron chi connectivity index (χ0n) is 16.7. The summed E-state index contributed by atoms with van der Waals surface area (Å²) in [6.07, 6.45) is 1.91. The third-order valence-corrected chi connectivity index (χ3v) is 5.69. The van der Waals surface area contributed by atoms with Gasteiger partial charge in [-0.05, 0) is 74.0 Å². The first-order valence-electron chi connectivity index (χ1n) is 9.11. The Hall–Kier alpha value is -2.24. The molecule has 3 rings (SSSR count). The van der Waals surface area contributed by atoms with E-state index in [-0.39, 0.29) is 11.9 Å². The minimum absolute atomic E-state index is 0.0810. The molecule has 1 aliphatic heterocycles. The van der Waals surface area contributed by atoms with Crippen LogP contribution in [0.2, 0.25) is 5.02 Å². The van der Waals surface area contributed by atoms with E-state index < -0.39 is 0 Å². The van der Waals surface area contributed by atoms with Gasteiger partial charge in [0.05, 0.1) is 10.6 Å². The molecule has 1 amide bonds. The number of rotatable bonds is 4. The van der Waals surface area contributed by atoms with Crippen molar-refractivity contribution >= 4 is 51.9 Å². The Balaban J connectivity index is 1.98. The highest BCUT2D eigenvalue weighted by Gasteiger charge is 2.35. The van der Waals surface area contributed by atoms with E-state index >= 15 is 0 Å². The van der Waals surface area contributed by atoms with Gasteiger partial charge in [0.1, 0.15) is 0 Å². The van der Waals surface area contributed by atoms with Gasteiger partial charge in [0.2, 0.25) is 0 Å². The highest BCUT2D eigenvalue weighted by Crippen LogP contribution is 2.37. The quantitative estimate of drug-likeness (QED) is 0.612. The highest BCUT2D eigenvalue weighted by molar-refractivity contribution is 8.19. The highest BCUT2D eigenvalue weighted by atomic mass is 35.5. The summed E-state index contributed by atoms with van der Waals surface area (Å²) >= 11 is 7.70. The van der Waals surface area contributed by atoms with Crippen molar-refractivity contribution in [3.63, 3.8) is 0 Å². The van der Waals surface area contributed by atoms with E-state index in [0.29, 0.717) is 15.1 Å². The monoisotopic (exact) mass is 413 g/mol. The number of aliphatic imine (C=N–C) groups is 1. The van der Waals surface area contributed by atoms with Crippen molar-refractivity contribution in [1.29, 1.82) is 0 Å².